The fourth-order valence-electron chi connectivity index (χ4n) is 2.30. The van der Waals surface area contributed by atoms with E-state index in [4.69, 9.17) is 0 Å². The molecule has 1 saturated heterocycles. The summed E-state index contributed by atoms with van der Waals surface area (Å²) in [6.07, 6.45) is 3.52. The summed E-state index contributed by atoms with van der Waals surface area (Å²) in [7, 11) is 0. The summed E-state index contributed by atoms with van der Waals surface area (Å²) in [6.45, 7) is 5.73. The van der Waals surface area contributed by atoms with E-state index in [1.165, 1.54) is 32.0 Å². The van der Waals surface area contributed by atoms with Gasteiger partial charge in [0.05, 0.1) is 0 Å². The van der Waals surface area contributed by atoms with E-state index in [1.54, 1.807) is 12.1 Å². The van der Waals surface area contributed by atoms with Crippen LogP contribution in [0.2, 0.25) is 0 Å². The Hall–Kier alpha value is -0.410. The molecule has 0 radical (unpaired) electrons. The summed E-state index contributed by atoms with van der Waals surface area (Å²) >= 11 is 3.48. The second-order valence-corrected chi connectivity index (χ2v) is 5.86. The van der Waals surface area contributed by atoms with Gasteiger partial charge in [-0.3, -0.25) is 0 Å². The van der Waals surface area contributed by atoms with E-state index in [-0.39, 0.29) is 5.82 Å². The molecule has 0 bridgehead atoms. The molecule has 2 rings (SSSR count). The number of hydrogen-bond donors (Lipinski definition) is 0. The van der Waals surface area contributed by atoms with Gasteiger partial charge in [-0.1, -0.05) is 22.9 Å². The lowest BCUT2D eigenvalue weighted by molar-refractivity contribution is 0.194. The van der Waals surface area contributed by atoms with E-state index in [0.717, 1.165) is 28.9 Å². The van der Waals surface area contributed by atoms with Crippen molar-refractivity contribution in [3.05, 3.63) is 34.1 Å². The first-order valence-electron chi connectivity index (χ1n) is 6.31. The van der Waals surface area contributed by atoms with E-state index in [0.29, 0.717) is 0 Å². The molecular formula is C14H19BrFN. The monoisotopic (exact) mass is 299 g/mol. The maximum absolute atomic E-state index is 13.1. The van der Waals surface area contributed by atoms with Gasteiger partial charge in [0, 0.05) is 11.0 Å². The van der Waals surface area contributed by atoms with Crippen LogP contribution in [0.1, 0.15) is 25.3 Å². The third-order valence-electron chi connectivity index (χ3n) is 3.58. The predicted molar refractivity (Wildman–Crippen MR) is 72.6 cm³/mol. The summed E-state index contributed by atoms with van der Waals surface area (Å²) in [5.41, 5.74) is 1.07. The van der Waals surface area contributed by atoms with E-state index in [9.17, 15) is 4.39 Å². The zero-order chi connectivity index (χ0) is 12.3. The van der Waals surface area contributed by atoms with Crippen molar-refractivity contribution in [1.29, 1.82) is 0 Å². The number of hydrogen-bond acceptors (Lipinski definition) is 1. The molecule has 0 spiro atoms. The standard InChI is InChI=1S/C14H19BrFN/c1-11-4-7-17(8-5-11)9-6-12-10-13(16)2-3-14(12)15/h2-3,10-11H,4-9H2,1H3. The van der Waals surface area contributed by atoms with E-state index < -0.39 is 0 Å². The molecular weight excluding hydrogens is 281 g/mol. The molecule has 0 atom stereocenters. The quantitative estimate of drug-likeness (QED) is 0.819. The number of benzene rings is 1. The molecule has 0 aromatic heterocycles. The van der Waals surface area contributed by atoms with Gasteiger partial charge in [0.2, 0.25) is 0 Å². The van der Waals surface area contributed by atoms with Crippen LogP contribution in [0.3, 0.4) is 0 Å². The number of rotatable bonds is 3. The van der Waals surface area contributed by atoms with E-state index >= 15 is 0 Å². The maximum Gasteiger partial charge on any atom is 0.123 e. The highest BCUT2D eigenvalue weighted by Crippen LogP contribution is 2.20. The van der Waals surface area contributed by atoms with Gasteiger partial charge in [0.15, 0.2) is 0 Å². The van der Waals surface area contributed by atoms with Crippen LogP contribution >= 0.6 is 15.9 Å². The fourth-order valence-corrected chi connectivity index (χ4v) is 2.74. The van der Waals surface area contributed by atoms with E-state index in [1.807, 2.05) is 0 Å². The summed E-state index contributed by atoms with van der Waals surface area (Å²) in [6, 6.07) is 4.93. The van der Waals surface area contributed by atoms with Gasteiger partial charge in [0.25, 0.3) is 0 Å². The van der Waals surface area contributed by atoms with Crippen molar-refractivity contribution in [2.45, 2.75) is 26.2 Å². The maximum atomic E-state index is 13.1. The van der Waals surface area contributed by atoms with Crippen molar-refractivity contribution in [2.75, 3.05) is 19.6 Å². The number of halogens is 2. The first-order valence-corrected chi connectivity index (χ1v) is 7.11. The molecule has 0 unspecified atom stereocenters. The molecule has 94 valence electrons. The minimum atomic E-state index is -0.143. The van der Waals surface area contributed by atoms with Crippen molar-refractivity contribution in [3.8, 4) is 0 Å². The van der Waals surface area contributed by atoms with E-state index in [2.05, 4.69) is 27.8 Å². The van der Waals surface area contributed by atoms with Gasteiger partial charge in [-0.25, -0.2) is 4.39 Å². The Kier molecular flexibility index (Phi) is 4.57. The first kappa shape index (κ1) is 13.0. The van der Waals surface area contributed by atoms with Crippen LogP contribution in [-0.2, 0) is 6.42 Å². The summed E-state index contributed by atoms with van der Waals surface area (Å²) in [4.78, 5) is 2.48. The topological polar surface area (TPSA) is 3.24 Å². The number of nitrogens with zero attached hydrogens (tertiary/aromatic N) is 1. The molecule has 1 fully saturated rings. The third-order valence-corrected chi connectivity index (χ3v) is 4.36. The van der Waals surface area contributed by atoms with Crippen molar-refractivity contribution in [1.82, 2.24) is 4.90 Å². The van der Waals surface area contributed by atoms with Crippen LogP contribution in [0.4, 0.5) is 4.39 Å². The Labute approximate surface area is 111 Å². The Bertz CT molecular complexity index is 372. The normalized spacial score (nSPS) is 18.5. The predicted octanol–water partition coefficient (Wildman–Crippen LogP) is 3.86. The third kappa shape index (κ3) is 3.78. The van der Waals surface area contributed by atoms with Crippen LogP contribution in [0.25, 0.3) is 0 Å². The Morgan fingerprint density at radius 3 is 2.76 bits per heavy atom. The molecule has 0 saturated carbocycles. The zero-order valence-corrected chi connectivity index (χ0v) is 11.8. The highest BCUT2D eigenvalue weighted by molar-refractivity contribution is 9.10. The number of likely N-dealkylation sites (tertiary alicyclic amines) is 1. The van der Waals surface area contributed by atoms with Gasteiger partial charge in [0.1, 0.15) is 5.82 Å². The molecule has 0 N–H and O–H groups in total. The molecule has 1 nitrogen and oxygen atoms in total. The summed E-state index contributed by atoms with van der Waals surface area (Å²) in [5.74, 6) is 0.725. The summed E-state index contributed by atoms with van der Waals surface area (Å²) < 4.78 is 14.1. The van der Waals surface area contributed by atoms with Gasteiger partial charge in [-0.05, 0) is 62.0 Å². The van der Waals surface area contributed by atoms with Gasteiger partial charge in [-0.2, -0.15) is 0 Å². The summed E-state index contributed by atoms with van der Waals surface area (Å²) in [5, 5.41) is 0. The van der Waals surface area contributed by atoms with Crippen LogP contribution in [0, 0.1) is 11.7 Å². The van der Waals surface area contributed by atoms with Gasteiger partial charge >= 0.3 is 0 Å². The SMILES string of the molecule is CC1CCN(CCc2cc(F)ccc2Br)CC1. The minimum Gasteiger partial charge on any atom is -0.303 e. The smallest absolute Gasteiger partial charge is 0.123 e. The van der Waals surface area contributed by atoms with Crippen LogP contribution in [0.5, 0.6) is 0 Å². The molecule has 1 aliphatic rings. The molecule has 1 heterocycles. The van der Waals surface area contributed by atoms with Gasteiger partial charge in [-0.15, -0.1) is 0 Å². The van der Waals surface area contributed by atoms with Crippen LogP contribution < -0.4 is 0 Å². The average Bonchev–Trinajstić information content (AvgIpc) is 2.32. The fraction of sp³-hybridized carbons (Fsp3) is 0.571. The molecule has 1 aromatic carbocycles. The average molecular weight is 300 g/mol. The lowest BCUT2D eigenvalue weighted by atomic mass is 9.99. The molecule has 0 amide bonds. The van der Waals surface area contributed by atoms with Crippen molar-refractivity contribution in [2.24, 2.45) is 5.92 Å². The second-order valence-electron chi connectivity index (χ2n) is 5.01. The Balaban J connectivity index is 1.87. The van der Waals surface area contributed by atoms with Crippen molar-refractivity contribution >= 4 is 15.9 Å². The first-order chi connectivity index (χ1) is 8.15. The molecule has 1 aromatic rings. The largest absolute Gasteiger partial charge is 0.303 e. The van der Waals surface area contributed by atoms with Gasteiger partial charge < -0.3 is 4.90 Å². The molecule has 3 heteroatoms. The molecule has 0 aliphatic carbocycles. The molecule has 1 aliphatic heterocycles. The second kappa shape index (κ2) is 5.96. The number of piperidine rings is 1. The van der Waals surface area contributed by atoms with Crippen LogP contribution in [0.15, 0.2) is 22.7 Å². The van der Waals surface area contributed by atoms with Crippen molar-refractivity contribution in [3.63, 3.8) is 0 Å². The Morgan fingerprint density at radius 1 is 1.35 bits per heavy atom. The molecule has 17 heavy (non-hydrogen) atoms. The van der Waals surface area contributed by atoms with Crippen LogP contribution in [-0.4, -0.2) is 24.5 Å². The van der Waals surface area contributed by atoms with Crippen molar-refractivity contribution < 1.29 is 4.39 Å². The highest BCUT2D eigenvalue weighted by atomic mass is 79.9. The minimum absolute atomic E-state index is 0.143. The Morgan fingerprint density at radius 2 is 2.06 bits per heavy atom. The highest BCUT2D eigenvalue weighted by Gasteiger charge is 2.15. The lowest BCUT2D eigenvalue weighted by Gasteiger charge is -2.30. The lowest BCUT2D eigenvalue weighted by Crippen LogP contribution is -2.34. The zero-order valence-electron chi connectivity index (χ0n) is 10.3.